The van der Waals surface area contributed by atoms with Crippen LogP contribution in [0.2, 0.25) is 5.02 Å². The molecule has 0 bridgehead atoms. The Kier molecular flexibility index (Phi) is 3.24. The molecule has 0 amide bonds. The fourth-order valence-electron chi connectivity index (χ4n) is 1.87. The summed E-state index contributed by atoms with van der Waals surface area (Å²) in [6.07, 6.45) is 3.51. The fraction of sp³-hybridized carbons (Fsp3) is 0.250. The normalized spacial score (nSPS) is 12.6. The van der Waals surface area contributed by atoms with Crippen molar-refractivity contribution in [1.29, 1.82) is 0 Å². The minimum atomic E-state index is -0.852. The van der Waals surface area contributed by atoms with Crippen LogP contribution < -0.4 is 0 Å². The average molecular weight is 251 g/mol. The van der Waals surface area contributed by atoms with E-state index in [4.69, 9.17) is 11.6 Å². The molecule has 17 heavy (non-hydrogen) atoms. The quantitative estimate of drug-likeness (QED) is 0.910. The fourth-order valence-corrected chi connectivity index (χ4v) is 2.08. The lowest BCUT2D eigenvalue weighted by atomic mass is 9.94. The van der Waals surface area contributed by atoms with Crippen LogP contribution in [0.1, 0.15) is 24.8 Å². The van der Waals surface area contributed by atoms with Gasteiger partial charge in [-0.15, -0.1) is 0 Å². The topological polar surface area (TPSA) is 63.1 Å². The van der Waals surface area contributed by atoms with E-state index in [1.165, 1.54) is 6.33 Å². The molecule has 1 atom stereocenters. The maximum Gasteiger partial charge on any atom is 0.311 e. The Bertz CT molecular complexity index is 571. The summed E-state index contributed by atoms with van der Waals surface area (Å²) in [5.41, 5.74) is 1.29. The van der Waals surface area contributed by atoms with Gasteiger partial charge in [0.25, 0.3) is 0 Å². The summed E-state index contributed by atoms with van der Waals surface area (Å²) in [5, 5.41) is 10.4. The lowest BCUT2D eigenvalue weighted by Gasteiger charge is -2.12. The van der Waals surface area contributed by atoms with E-state index < -0.39 is 11.9 Å². The number of carboxylic acids is 1. The first-order chi connectivity index (χ1) is 8.15. The van der Waals surface area contributed by atoms with Crippen molar-refractivity contribution >= 4 is 28.5 Å². The van der Waals surface area contributed by atoms with Crippen molar-refractivity contribution in [3.05, 3.63) is 35.2 Å². The number of rotatable bonds is 3. The van der Waals surface area contributed by atoms with Crippen molar-refractivity contribution in [1.82, 2.24) is 9.97 Å². The van der Waals surface area contributed by atoms with Gasteiger partial charge in [-0.1, -0.05) is 24.6 Å². The van der Waals surface area contributed by atoms with Gasteiger partial charge in [-0.05, 0) is 18.1 Å². The van der Waals surface area contributed by atoms with Crippen LogP contribution in [-0.4, -0.2) is 21.0 Å². The van der Waals surface area contributed by atoms with Crippen molar-refractivity contribution < 1.29 is 9.90 Å². The number of carboxylic acid groups (broad SMARTS) is 1. The van der Waals surface area contributed by atoms with Crippen molar-refractivity contribution in [2.45, 2.75) is 19.3 Å². The first kappa shape index (κ1) is 11.8. The first-order valence-electron chi connectivity index (χ1n) is 5.26. The Morgan fingerprint density at radius 1 is 1.53 bits per heavy atom. The molecule has 0 radical (unpaired) electrons. The SMILES string of the molecule is CCC(C(=O)O)c1ccc(Cl)c2cncnc12. The lowest BCUT2D eigenvalue weighted by Crippen LogP contribution is -2.11. The van der Waals surface area contributed by atoms with Gasteiger partial charge in [-0.2, -0.15) is 0 Å². The van der Waals surface area contributed by atoms with Gasteiger partial charge in [-0.25, -0.2) is 9.97 Å². The average Bonchev–Trinajstić information content (AvgIpc) is 2.33. The van der Waals surface area contributed by atoms with Crippen LogP contribution in [0.4, 0.5) is 0 Å². The van der Waals surface area contributed by atoms with Gasteiger partial charge < -0.3 is 5.11 Å². The van der Waals surface area contributed by atoms with Crippen LogP contribution in [0.5, 0.6) is 0 Å². The van der Waals surface area contributed by atoms with Gasteiger partial charge in [-0.3, -0.25) is 4.79 Å². The highest BCUT2D eigenvalue weighted by atomic mass is 35.5. The van der Waals surface area contributed by atoms with Gasteiger partial charge in [0.2, 0.25) is 0 Å². The molecule has 2 aromatic rings. The molecule has 1 aromatic carbocycles. The standard InChI is InChI=1S/C12H11ClN2O2/c1-2-7(12(16)17)8-3-4-10(13)9-5-14-6-15-11(8)9/h3-7H,2H2,1H3,(H,16,17). The molecule has 0 aliphatic rings. The molecule has 5 heteroatoms. The molecule has 88 valence electrons. The third-order valence-corrected chi connectivity index (χ3v) is 3.06. The summed E-state index contributed by atoms with van der Waals surface area (Å²) in [6.45, 7) is 1.83. The Morgan fingerprint density at radius 2 is 2.29 bits per heavy atom. The zero-order chi connectivity index (χ0) is 12.4. The smallest absolute Gasteiger partial charge is 0.311 e. The van der Waals surface area contributed by atoms with E-state index in [1.54, 1.807) is 18.3 Å². The Balaban J connectivity index is 2.70. The van der Waals surface area contributed by atoms with Gasteiger partial charge in [0.1, 0.15) is 6.33 Å². The van der Waals surface area contributed by atoms with E-state index in [2.05, 4.69) is 9.97 Å². The number of hydrogen-bond acceptors (Lipinski definition) is 3. The largest absolute Gasteiger partial charge is 0.481 e. The summed E-state index contributed by atoms with van der Waals surface area (Å²) >= 11 is 6.03. The number of carbonyl (C=O) groups is 1. The molecule has 1 aromatic heterocycles. The molecular formula is C12H11ClN2O2. The van der Waals surface area contributed by atoms with Crippen LogP contribution >= 0.6 is 11.6 Å². The van der Waals surface area contributed by atoms with Crippen LogP contribution in [0, 0.1) is 0 Å². The molecule has 0 aliphatic heterocycles. The highest BCUT2D eigenvalue weighted by Crippen LogP contribution is 2.30. The number of benzene rings is 1. The third-order valence-electron chi connectivity index (χ3n) is 2.73. The summed E-state index contributed by atoms with van der Waals surface area (Å²) in [4.78, 5) is 19.2. The number of nitrogens with zero attached hydrogens (tertiary/aromatic N) is 2. The Morgan fingerprint density at radius 3 is 2.94 bits per heavy atom. The summed E-state index contributed by atoms with van der Waals surface area (Å²) in [6, 6.07) is 3.41. The van der Waals surface area contributed by atoms with E-state index in [-0.39, 0.29) is 0 Å². The predicted molar refractivity (Wildman–Crippen MR) is 65.2 cm³/mol. The first-order valence-corrected chi connectivity index (χ1v) is 5.63. The monoisotopic (exact) mass is 250 g/mol. The third kappa shape index (κ3) is 2.08. The predicted octanol–water partition coefficient (Wildman–Crippen LogP) is 2.86. The molecule has 1 N–H and O–H groups in total. The second-order valence-electron chi connectivity index (χ2n) is 3.72. The molecule has 2 rings (SSSR count). The molecule has 0 saturated heterocycles. The van der Waals surface area contributed by atoms with Crippen LogP contribution in [0.15, 0.2) is 24.7 Å². The number of aromatic nitrogens is 2. The molecular weight excluding hydrogens is 240 g/mol. The molecule has 0 spiro atoms. The molecule has 1 unspecified atom stereocenters. The minimum Gasteiger partial charge on any atom is -0.481 e. The van der Waals surface area contributed by atoms with Gasteiger partial charge in [0.15, 0.2) is 0 Å². The van der Waals surface area contributed by atoms with Gasteiger partial charge >= 0.3 is 5.97 Å². The number of hydrogen-bond donors (Lipinski definition) is 1. The zero-order valence-electron chi connectivity index (χ0n) is 9.22. The minimum absolute atomic E-state index is 0.510. The van der Waals surface area contributed by atoms with Gasteiger partial charge in [0.05, 0.1) is 16.5 Å². The van der Waals surface area contributed by atoms with Crippen molar-refractivity contribution in [2.75, 3.05) is 0 Å². The van der Waals surface area contributed by atoms with Crippen molar-refractivity contribution in [2.24, 2.45) is 0 Å². The molecule has 0 fully saturated rings. The van der Waals surface area contributed by atoms with E-state index in [0.29, 0.717) is 27.9 Å². The highest BCUT2D eigenvalue weighted by molar-refractivity contribution is 6.35. The zero-order valence-corrected chi connectivity index (χ0v) is 9.98. The van der Waals surface area contributed by atoms with E-state index in [9.17, 15) is 9.90 Å². The second-order valence-corrected chi connectivity index (χ2v) is 4.13. The number of halogens is 1. The van der Waals surface area contributed by atoms with Crippen LogP contribution in [0.25, 0.3) is 10.9 Å². The second kappa shape index (κ2) is 4.67. The molecule has 4 nitrogen and oxygen atoms in total. The number of aliphatic carboxylic acids is 1. The Hall–Kier alpha value is -1.68. The maximum atomic E-state index is 11.2. The van der Waals surface area contributed by atoms with E-state index in [1.807, 2.05) is 6.92 Å². The van der Waals surface area contributed by atoms with Gasteiger partial charge in [0, 0.05) is 11.6 Å². The van der Waals surface area contributed by atoms with E-state index in [0.717, 1.165) is 0 Å². The summed E-state index contributed by atoms with van der Waals surface area (Å²) in [5.74, 6) is -1.42. The van der Waals surface area contributed by atoms with Crippen LogP contribution in [-0.2, 0) is 4.79 Å². The van der Waals surface area contributed by atoms with Crippen molar-refractivity contribution in [3.63, 3.8) is 0 Å². The lowest BCUT2D eigenvalue weighted by molar-refractivity contribution is -0.138. The molecule has 0 saturated carbocycles. The maximum absolute atomic E-state index is 11.2. The molecule has 1 heterocycles. The van der Waals surface area contributed by atoms with Crippen LogP contribution in [0.3, 0.4) is 0 Å². The summed E-state index contributed by atoms with van der Waals surface area (Å²) < 4.78 is 0. The Labute approximate surface area is 103 Å². The van der Waals surface area contributed by atoms with E-state index >= 15 is 0 Å². The number of fused-ring (bicyclic) bond motifs is 1. The highest BCUT2D eigenvalue weighted by Gasteiger charge is 2.21. The van der Waals surface area contributed by atoms with Crippen molar-refractivity contribution in [3.8, 4) is 0 Å². The summed E-state index contributed by atoms with van der Waals surface area (Å²) in [7, 11) is 0. The molecule has 0 aliphatic carbocycles.